The molecule has 1 aromatic carbocycles. The van der Waals surface area contributed by atoms with Crippen LogP contribution >= 0.6 is 11.6 Å². The van der Waals surface area contributed by atoms with E-state index < -0.39 is 0 Å². The van der Waals surface area contributed by atoms with Crippen LogP contribution < -0.4 is 0 Å². The van der Waals surface area contributed by atoms with Crippen LogP contribution in [0.5, 0.6) is 0 Å². The van der Waals surface area contributed by atoms with Gasteiger partial charge in [0, 0.05) is 16.7 Å². The first-order valence-corrected chi connectivity index (χ1v) is 6.00. The largest absolute Gasteiger partial charge is 0.272 e. The third kappa shape index (κ3) is 2.35. The lowest BCUT2D eigenvalue weighted by Crippen LogP contribution is -2.07. The van der Waals surface area contributed by atoms with Gasteiger partial charge < -0.3 is 0 Å². The van der Waals surface area contributed by atoms with Gasteiger partial charge in [-0.2, -0.15) is 0 Å². The van der Waals surface area contributed by atoms with E-state index in [1.54, 1.807) is 12.1 Å². The van der Waals surface area contributed by atoms with Crippen LogP contribution in [-0.4, -0.2) is 4.92 Å². The fourth-order valence-electron chi connectivity index (χ4n) is 2.43. The van der Waals surface area contributed by atoms with Gasteiger partial charge in [0.2, 0.25) is 0 Å². The van der Waals surface area contributed by atoms with Crippen molar-refractivity contribution in [3.63, 3.8) is 0 Å². The molecule has 0 N–H and O–H groups in total. The van der Waals surface area contributed by atoms with Crippen LogP contribution in [0, 0.1) is 10.1 Å². The van der Waals surface area contributed by atoms with Crippen LogP contribution in [0.4, 0.5) is 5.69 Å². The Kier molecular flexibility index (Phi) is 3.44. The molecule has 1 aliphatic carbocycles. The summed E-state index contributed by atoms with van der Waals surface area (Å²) in [6, 6.07) is 4.87. The molecule has 0 saturated heterocycles. The topological polar surface area (TPSA) is 43.1 Å². The summed E-state index contributed by atoms with van der Waals surface area (Å²) in [4.78, 5) is 10.6. The minimum Gasteiger partial charge on any atom is -0.258 e. The Morgan fingerprint density at radius 3 is 2.56 bits per heavy atom. The highest BCUT2D eigenvalue weighted by Gasteiger charge is 2.23. The summed E-state index contributed by atoms with van der Waals surface area (Å²) in [6.07, 6.45) is 5.65. The SMILES string of the molecule is O=[N+]([O-])c1ccc(Cl)cc1C1CCCCC1. The molecule has 0 aromatic heterocycles. The fraction of sp³-hybridized carbons (Fsp3) is 0.500. The minimum absolute atomic E-state index is 0.219. The molecule has 0 radical (unpaired) electrons. The third-order valence-electron chi connectivity index (χ3n) is 3.23. The van der Waals surface area contributed by atoms with E-state index in [1.807, 2.05) is 0 Å². The van der Waals surface area contributed by atoms with Crippen LogP contribution in [0.1, 0.15) is 43.6 Å². The molecular formula is C12H14ClNO2. The maximum Gasteiger partial charge on any atom is 0.272 e. The number of hydrogen-bond acceptors (Lipinski definition) is 2. The lowest BCUT2D eigenvalue weighted by atomic mass is 9.83. The smallest absolute Gasteiger partial charge is 0.258 e. The molecule has 0 aliphatic heterocycles. The molecule has 1 aliphatic rings. The number of nitro groups is 1. The molecule has 4 heteroatoms. The van der Waals surface area contributed by atoms with Gasteiger partial charge in [-0.1, -0.05) is 30.9 Å². The normalized spacial score (nSPS) is 17.3. The van der Waals surface area contributed by atoms with Crippen molar-refractivity contribution in [1.29, 1.82) is 0 Å². The molecule has 0 bridgehead atoms. The summed E-state index contributed by atoms with van der Waals surface area (Å²) in [5.41, 5.74) is 1.04. The highest BCUT2D eigenvalue weighted by molar-refractivity contribution is 6.30. The summed E-state index contributed by atoms with van der Waals surface area (Å²) < 4.78 is 0. The number of halogens is 1. The Morgan fingerprint density at radius 2 is 1.94 bits per heavy atom. The zero-order valence-electron chi connectivity index (χ0n) is 8.99. The molecule has 1 aromatic rings. The van der Waals surface area contributed by atoms with Crippen LogP contribution in [-0.2, 0) is 0 Å². The van der Waals surface area contributed by atoms with E-state index >= 15 is 0 Å². The van der Waals surface area contributed by atoms with E-state index in [-0.39, 0.29) is 10.6 Å². The van der Waals surface area contributed by atoms with Crippen molar-refractivity contribution in [3.8, 4) is 0 Å². The average molecular weight is 240 g/mol. The number of rotatable bonds is 2. The molecule has 1 saturated carbocycles. The van der Waals surface area contributed by atoms with Gasteiger partial charge in [0.25, 0.3) is 5.69 Å². The van der Waals surface area contributed by atoms with E-state index in [9.17, 15) is 10.1 Å². The van der Waals surface area contributed by atoms with Gasteiger partial charge in [-0.3, -0.25) is 10.1 Å². The van der Waals surface area contributed by atoms with Crippen molar-refractivity contribution < 1.29 is 4.92 Å². The maximum atomic E-state index is 10.9. The first kappa shape index (κ1) is 11.4. The lowest BCUT2D eigenvalue weighted by molar-refractivity contribution is -0.385. The second kappa shape index (κ2) is 4.83. The van der Waals surface area contributed by atoms with Crippen LogP contribution in [0.15, 0.2) is 18.2 Å². The molecule has 3 nitrogen and oxygen atoms in total. The summed E-state index contributed by atoms with van der Waals surface area (Å²) >= 11 is 5.92. The second-order valence-corrected chi connectivity index (χ2v) is 4.73. The predicted octanol–water partition coefficient (Wildman–Crippen LogP) is 4.30. The monoisotopic (exact) mass is 239 g/mol. The Balaban J connectivity index is 2.36. The van der Waals surface area contributed by atoms with E-state index in [0.717, 1.165) is 31.2 Å². The van der Waals surface area contributed by atoms with Gasteiger partial charge in [-0.05, 0) is 30.9 Å². The van der Waals surface area contributed by atoms with Gasteiger partial charge in [0.05, 0.1) is 4.92 Å². The van der Waals surface area contributed by atoms with Crippen LogP contribution in [0.2, 0.25) is 5.02 Å². The third-order valence-corrected chi connectivity index (χ3v) is 3.47. The van der Waals surface area contributed by atoms with Crippen LogP contribution in [0.3, 0.4) is 0 Å². The molecule has 2 rings (SSSR count). The summed E-state index contributed by atoms with van der Waals surface area (Å²) in [7, 11) is 0. The van der Waals surface area contributed by atoms with Crippen molar-refractivity contribution in [2.24, 2.45) is 0 Å². The second-order valence-electron chi connectivity index (χ2n) is 4.30. The average Bonchev–Trinajstić information content (AvgIpc) is 2.29. The zero-order chi connectivity index (χ0) is 11.5. The van der Waals surface area contributed by atoms with E-state index in [2.05, 4.69) is 0 Å². The van der Waals surface area contributed by atoms with Crippen molar-refractivity contribution in [3.05, 3.63) is 38.9 Å². The van der Waals surface area contributed by atoms with Gasteiger partial charge in [-0.15, -0.1) is 0 Å². The minimum atomic E-state index is -0.305. The Hall–Kier alpha value is -1.09. The van der Waals surface area contributed by atoms with Crippen molar-refractivity contribution in [1.82, 2.24) is 0 Å². The first-order valence-electron chi connectivity index (χ1n) is 5.62. The highest BCUT2D eigenvalue weighted by Crippen LogP contribution is 2.38. The standard InChI is InChI=1S/C12H14ClNO2/c13-10-6-7-12(14(15)16)11(8-10)9-4-2-1-3-5-9/h6-9H,1-5H2. The van der Waals surface area contributed by atoms with Gasteiger partial charge in [0.15, 0.2) is 0 Å². The molecular weight excluding hydrogens is 226 g/mol. The van der Waals surface area contributed by atoms with E-state index in [4.69, 9.17) is 11.6 Å². The van der Waals surface area contributed by atoms with Gasteiger partial charge in [0.1, 0.15) is 0 Å². The molecule has 0 heterocycles. The molecule has 0 amide bonds. The van der Waals surface area contributed by atoms with Crippen LogP contribution in [0.25, 0.3) is 0 Å². The highest BCUT2D eigenvalue weighted by atomic mass is 35.5. The molecule has 1 fully saturated rings. The van der Waals surface area contributed by atoms with E-state index in [0.29, 0.717) is 10.9 Å². The van der Waals surface area contributed by atoms with Crippen molar-refractivity contribution >= 4 is 17.3 Å². The number of hydrogen-bond donors (Lipinski definition) is 0. The Morgan fingerprint density at radius 1 is 1.25 bits per heavy atom. The number of nitrogens with zero attached hydrogens (tertiary/aromatic N) is 1. The first-order chi connectivity index (χ1) is 7.68. The zero-order valence-corrected chi connectivity index (χ0v) is 9.74. The molecule has 86 valence electrons. The molecule has 0 atom stereocenters. The van der Waals surface area contributed by atoms with Crippen molar-refractivity contribution in [2.75, 3.05) is 0 Å². The van der Waals surface area contributed by atoms with Gasteiger partial charge >= 0.3 is 0 Å². The Labute approximate surface area is 99.6 Å². The quantitative estimate of drug-likeness (QED) is 0.571. The fourth-order valence-corrected chi connectivity index (χ4v) is 2.61. The van der Waals surface area contributed by atoms with Gasteiger partial charge in [-0.25, -0.2) is 0 Å². The summed E-state index contributed by atoms with van der Waals surface area (Å²) in [5, 5.41) is 11.5. The Bertz CT molecular complexity index is 400. The van der Waals surface area contributed by atoms with Crippen molar-refractivity contribution in [2.45, 2.75) is 38.0 Å². The molecule has 16 heavy (non-hydrogen) atoms. The summed E-state index contributed by atoms with van der Waals surface area (Å²) in [6.45, 7) is 0. The van der Waals surface area contributed by atoms with E-state index in [1.165, 1.54) is 12.5 Å². The predicted molar refractivity (Wildman–Crippen MR) is 63.9 cm³/mol. The number of nitro benzene ring substituents is 1. The number of benzene rings is 1. The summed E-state index contributed by atoms with van der Waals surface area (Å²) in [5.74, 6) is 0.313. The molecule has 0 spiro atoms. The maximum absolute atomic E-state index is 10.9. The molecule has 0 unspecified atom stereocenters. The lowest BCUT2D eigenvalue weighted by Gasteiger charge is -2.21.